The van der Waals surface area contributed by atoms with Gasteiger partial charge < -0.3 is 15.5 Å². The minimum absolute atomic E-state index is 0. The SMILES string of the molecule is Cl.Cl.O=C(CCc1ccncc1)Nc1ccc(N2CCNCC2)cn1. The molecule has 136 valence electrons. The highest BCUT2D eigenvalue weighted by atomic mass is 35.5. The lowest BCUT2D eigenvalue weighted by molar-refractivity contribution is -0.116. The van der Waals surface area contributed by atoms with E-state index in [9.17, 15) is 4.79 Å². The fraction of sp³-hybridized carbons (Fsp3) is 0.353. The number of pyridine rings is 2. The van der Waals surface area contributed by atoms with Crippen LogP contribution < -0.4 is 15.5 Å². The topological polar surface area (TPSA) is 70.2 Å². The third-order valence-corrected chi connectivity index (χ3v) is 3.89. The lowest BCUT2D eigenvalue weighted by Gasteiger charge is -2.29. The zero-order chi connectivity index (χ0) is 15.9. The van der Waals surface area contributed by atoms with Crippen LogP contribution in [0.4, 0.5) is 11.5 Å². The number of nitrogens with one attached hydrogen (secondary N) is 2. The van der Waals surface area contributed by atoms with Crippen molar-refractivity contribution in [1.82, 2.24) is 15.3 Å². The number of hydrogen-bond donors (Lipinski definition) is 2. The Morgan fingerprint density at radius 3 is 2.48 bits per heavy atom. The van der Waals surface area contributed by atoms with E-state index in [-0.39, 0.29) is 30.7 Å². The average molecular weight is 384 g/mol. The van der Waals surface area contributed by atoms with Gasteiger partial charge in [-0.05, 0) is 36.2 Å². The summed E-state index contributed by atoms with van der Waals surface area (Å²) in [6.45, 7) is 3.96. The van der Waals surface area contributed by atoms with Gasteiger partial charge in [0, 0.05) is 45.0 Å². The van der Waals surface area contributed by atoms with Crippen molar-refractivity contribution >= 4 is 42.2 Å². The molecule has 3 heterocycles. The number of carbonyl (C=O) groups excluding carboxylic acids is 1. The second-order valence-electron chi connectivity index (χ2n) is 5.54. The van der Waals surface area contributed by atoms with Crippen LogP contribution in [0.25, 0.3) is 0 Å². The molecule has 8 heteroatoms. The van der Waals surface area contributed by atoms with E-state index in [1.54, 1.807) is 12.4 Å². The molecule has 0 aliphatic carbocycles. The maximum absolute atomic E-state index is 12.0. The Morgan fingerprint density at radius 2 is 1.84 bits per heavy atom. The van der Waals surface area contributed by atoms with Gasteiger partial charge in [-0.25, -0.2) is 4.98 Å². The molecule has 0 atom stereocenters. The molecule has 2 aromatic rings. The number of piperazine rings is 1. The van der Waals surface area contributed by atoms with Crippen molar-refractivity contribution in [2.45, 2.75) is 12.8 Å². The Hall–Kier alpha value is -1.89. The maximum atomic E-state index is 12.0. The molecular formula is C17H23Cl2N5O. The van der Waals surface area contributed by atoms with Crippen LogP contribution in [0.1, 0.15) is 12.0 Å². The van der Waals surface area contributed by atoms with Gasteiger partial charge in [-0.3, -0.25) is 9.78 Å². The number of amides is 1. The molecule has 0 aromatic carbocycles. The largest absolute Gasteiger partial charge is 0.368 e. The van der Waals surface area contributed by atoms with E-state index in [1.165, 1.54) is 0 Å². The molecule has 1 amide bonds. The first-order valence-electron chi connectivity index (χ1n) is 7.92. The van der Waals surface area contributed by atoms with Crippen molar-refractivity contribution in [3.05, 3.63) is 48.4 Å². The van der Waals surface area contributed by atoms with Crippen LogP contribution in [0.5, 0.6) is 0 Å². The Kier molecular flexibility index (Phi) is 9.20. The first kappa shape index (κ1) is 21.2. The van der Waals surface area contributed by atoms with Crippen molar-refractivity contribution in [3.63, 3.8) is 0 Å². The Morgan fingerprint density at radius 1 is 1.12 bits per heavy atom. The molecule has 1 aliphatic rings. The summed E-state index contributed by atoms with van der Waals surface area (Å²) >= 11 is 0. The molecule has 1 aliphatic heterocycles. The molecule has 1 fully saturated rings. The minimum Gasteiger partial charge on any atom is -0.368 e. The summed E-state index contributed by atoms with van der Waals surface area (Å²) in [5, 5.41) is 6.17. The van der Waals surface area contributed by atoms with Crippen molar-refractivity contribution in [2.24, 2.45) is 0 Å². The molecule has 25 heavy (non-hydrogen) atoms. The van der Waals surface area contributed by atoms with Gasteiger partial charge in [0.05, 0.1) is 11.9 Å². The average Bonchev–Trinajstić information content (AvgIpc) is 2.62. The summed E-state index contributed by atoms with van der Waals surface area (Å²) in [4.78, 5) is 22.6. The van der Waals surface area contributed by atoms with Crippen LogP contribution in [0.3, 0.4) is 0 Å². The van der Waals surface area contributed by atoms with Crippen LogP contribution in [0.15, 0.2) is 42.9 Å². The zero-order valence-corrected chi connectivity index (χ0v) is 15.5. The summed E-state index contributed by atoms with van der Waals surface area (Å²) in [7, 11) is 0. The van der Waals surface area contributed by atoms with Gasteiger partial charge in [0.1, 0.15) is 5.82 Å². The van der Waals surface area contributed by atoms with Crippen molar-refractivity contribution in [3.8, 4) is 0 Å². The van der Waals surface area contributed by atoms with E-state index in [0.717, 1.165) is 37.4 Å². The highest BCUT2D eigenvalue weighted by molar-refractivity contribution is 5.90. The normalized spacial score (nSPS) is 13.4. The molecule has 1 saturated heterocycles. The molecule has 3 rings (SSSR count). The van der Waals surface area contributed by atoms with Crippen LogP contribution in [0, 0.1) is 0 Å². The minimum atomic E-state index is -0.0239. The first-order chi connectivity index (χ1) is 11.3. The lowest BCUT2D eigenvalue weighted by Crippen LogP contribution is -2.43. The number of nitrogens with zero attached hydrogens (tertiary/aromatic N) is 3. The highest BCUT2D eigenvalue weighted by Crippen LogP contribution is 2.15. The second kappa shape index (κ2) is 10.9. The smallest absolute Gasteiger partial charge is 0.225 e. The first-order valence-corrected chi connectivity index (χ1v) is 7.92. The molecule has 0 bridgehead atoms. The van der Waals surface area contributed by atoms with Gasteiger partial charge in [-0.1, -0.05) is 0 Å². The fourth-order valence-electron chi connectivity index (χ4n) is 2.58. The molecule has 2 aromatic heterocycles. The molecule has 6 nitrogen and oxygen atoms in total. The number of carbonyl (C=O) groups is 1. The van der Waals surface area contributed by atoms with Crippen LogP contribution >= 0.6 is 24.8 Å². The summed E-state index contributed by atoms with van der Waals surface area (Å²) in [5.41, 5.74) is 2.21. The fourth-order valence-corrected chi connectivity index (χ4v) is 2.58. The Bertz CT molecular complexity index is 633. The quantitative estimate of drug-likeness (QED) is 0.828. The van der Waals surface area contributed by atoms with Crippen LogP contribution in [-0.4, -0.2) is 42.1 Å². The predicted octanol–water partition coefficient (Wildman–Crippen LogP) is 2.30. The summed E-state index contributed by atoms with van der Waals surface area (Å²) in [5.74, 6) is 0.577. The number of anilines is 2. The number of hydrogen-bond acceptors (Lipinski definition) is 5. The van der Waals surface area contributed by atoms with E-state index < -0.39 is 0 Å². The molecule has 0 saturated carbocycles. The number of rotatable bonds is 5. The van der Waals surface area contributed by atoms with Crippen molar-refractivity contribution in [1.29, 1.82) is 0 Å². The van der Waals surface area contributed by atoms with E-state index in [2.05, 4.69) is 25.5 Å². The van der Waals surface area contributed by atoms with Gasteiger partial charge in [0.15, 0.2) is 0 Å². The number of halogens is 2. The van der Waals surface area contributed by atoms with Gasteiger partial charge in [0.25, 0.3) is 0 Å². The van der Waals surface area contributed by atoms with Gasteiger partial charge in [-0.15, -0.1) is 24.8 Å². The van der Waals surface area contributed by atoms with E-state index >= 15 is 0 Å². The number of aryl methyl sites for hydroxylation is 1. The van der Waals surface area contributed by atoms with Gasteiger partial charge in [-0.2, -0.15) is 0 Å². The van der Waals surface area contributed by atoms with Gasteiger partial charge in [0.2, 0.25) is 5.91 Å². The molecule has 0 spiro atoms. The predicted molar refractivity (Wildman–Crippen MR) is 105 cm³/mol. The highest BCUT2D eigenvalue weighted by Gasteiger charge is 2.11. The second-order valence-corrected chi connectivity index (χ2v) is 5.54. The standard InChI is InChI=1S/C17H21N5O.2ClH/c23-17(4-1-14-5-7-18-8-6-14)21-16-3-2-15(13-20-16)22-11-9-19-10-12-22;;/h2-3,5-8,13,19H,1,4,9-12H2,(H,20,21,23);2*1H. The van der Waals surface area contributed by atoms with Gasteiger partial charge >= 0.3 is 0 Å². The third-order valence-electron chi connectivity index (χ3n) is 3.89. The lowest BCUT2D eigenvalue weighted by atomic mass is 10.1. The molecule has 2 N–H and O–H groups in total. The molecular weight excluding hydrogens is 361 g/mol. The van der Waals surface area contributed by atoms with Crippen LogP contribution in [-0.2, 0) is 11.2 Å². The van der Waals surface area contributed by atoms with Crippen LogP contribution in [0.2, 0.25) is 0 Å². The summed E-state index contributed by atoms with van der Waals surface area (Å²) in [6, 6.07) is 7.72. The Labute approximate surface area is 160 Å². The van der Waals surface area contributed by atoms with Crippen molar-refractivity contribution < 1.29 is 4.79 Å². The summed E-state index contributed by atoms with van der Waals surface area (Å²) in [6.07, 6.45) is 6.44. The van der Waals surface area contributed by atoms with E-state index in [0.29, 0.717) is 18.7 Å². The molecule has 0 unspecified atom stereocenters. The third kappa shape index (κ3) is 6.49. The van der Waals surface area contributed by atoms with E-state index in [4.69, 9.17) is 0 Å². The summed E-state index contributed by atoms with van der Waals surface area (Å²) < 4.78 is 0. The van der Waals surface area contributed by atoms with E-state index in [1.807, 2.05) is 30.5 Å². The van der Waals surface area contributed by atoms with Crippen molar-refractivity contribution in [2.75, 3.05) is 36.4 Å². The zero-order valence-electron chi connectivity index (χ0n) is 13.9. The monoisotopic (exact) mass is 383 g/mol. The molecule has 0 radical (unpaired) electrons. The number of aromatic nitrogens is 2. The maximum Gasteiger partial charge on any atom is 0.225 e. The Balaban J connectivity index is 0.00000156.